The summed E-state index contributed by atoms with van der Waals surface area (Å²) in [6.07, 6.45) is 6.62. The molecule has 6 heteroatoms. The summed E-state index contributed by atoms with van der Waals surface area (Å²) in [4.78, 5) is 12.9. The Bertz CT molecular complexity index is 540. The topological polar surface area (TPSA) is 52.6 Å². The smallest absolute Gasteiger partial charge is 0.191 e. The van der Waals surface area contributed by atoms with Gasteiger partial charge in [0.15, 0.2) is 5.96 Å². The number of guanidine groups is 1. The molecule has 2 aliphatic carbocycles. The predicted octanol–water partition coefficient (Wildman–Crippen LogP) is 2.34. The van der Waals surface area contributed by atoms with E-state index in [1.165, 1.54) is 42.1 Å². The highest BCUT2D eigenvalue weighted by Gasteiger charge is 2.33. The zero-order valence-corrected chi connectivity index (χ0v) is 16.1. The van der Waals surface area contributed by atoms with Crippen molar-refractivity contribution < 1.29 is 0 Å². The van der Waals surface area contributed by atoms with Crippen molar-refractivity contribution in [2.24, 2.45) is 10.9 Å². The molecule has 0 radical (unpaired) electrons. The van der Waals surface area contributed by atoms with Crippen LogP contribution in [0.5, 0.6) is 0 Å². The van der Waals surface area contributed by atoms with Crippen LogP contribution < -0.4 is 10.6 Å². The van der Waals surface area contributed by atoms with Gasteiger partial charge in [-0.2, -0.15) is 0 Å². The summed E-state index contributed by atoms with van der Waals surface area (Å²) in [6.45, 7) is 8.50. The van der Waals surface area contributed by atoms with Crippen molar-refractivity contribution in [3.8, 4) is 0 Å². The van der Waals surface area contributed by atoms with Crippen LogP contribution >= 0.6 is 11.3 Å². The van der Waals surface area contributed by atoms with Crippen LogP contribution in [0.1, 0.15) is 41.3 Å². The second-order valence-electron chi connectivity index (χ2n) is 7.09. The SMILES string of the molecule is CN=C(NCCc1nc(C)c(C)s1)NCCN(CC1CC1)C1CC1. The van der Waals surface area contributed by atoms with Gasteiger partial charge in [0.2, 0.25) is 0 Å². The third-order valence-corrected chi connectivity index (χ3v) is 6.00. The normalized spacial score (nSPS) is 18.2. The third kappa shape index (κ3) is 5.45. The van der Waals surface area contributed by atoms with E-state index in [0.29, 0.717) is 0 Å². The van der Waals surface area contributed by atoms with Gasteiger partial charge in [-0.05, 0) is 45.4 Å². The number of hydrogen-bond acceptors (Lipinski definition) is 4. The van der Waals surface area contributed by atoms with E-state index >= 15 is 0 Å². The maximum Gasteiger partial charge on any atom is 0.191 e. The lowest BCUT2D eigenvalue weighted by molar-refractivity contribution is 0.256. The number of aliphatic imine (C=N–C) groups is 1. The van der Waals surface area contributed by atoms with Crippen molar-refractivity contribution >= 4 is 17.3 Å². The molecular formula is C18H31N5S. The van der Waals surface area contributed by atoms with Gasteiger partial charge in [-0.15, -0.1) is 11.3 Å². The zero-order valence-electron chi connectivity index (χ0n) is 15.3. The van der Waals surface area contributed by atoms with Crippen LogP contribution in [0.2, 0.25) is 0 Å². The highest BCUT2D eigenvalue weighted by Crippen LogP contribution is 2.34. The lowest BCUT2D eigenvalue weighted by atomic mass is 10.3. The van der Waals surface area contributed by atoms with E-state index in [1.54, 1.807) is 11.3 Å². The number of hydrogen-bond donors (Lipinski definition) is 2. The number of rotatable bonds is 9. The second kappa shape index (κ2) is 8.30. The molecule has 1 aromatic rings. The van der Waals surface area contributed by atoms with Crippen LogP contribution in [0, 0.1) is 19.8 Å². The maximum atomic E-state index is 4.59. The van der Waals surface area contributed by atoms with Gasteiger partial charge >= 0.3 is 0 Å². The number of nitrogens with zero attached hydrogens (tertiary/aromatic N) is 3. The minimum absolute atomic E-state index is 0.860. The van der Waals surface area contributed by atoms with Crippen LogP contribution in [-0.4, -0.2) is 55.1 Å². The molecule has 134 valence electrons. The highest BCUT2D eigenvalue weighted by molar-refractivity contribution is 7.11. The standard InChI is InChI=1S/C18H31N5S/c1-13-14(2)24-17(22-13)8-9-20-18(19-3)21-10-11-23(16-6-7-16)12-15-4-5-15/h15-16H,4-12H2,1-3H3,(H2,19,20,21). The van der Waals surface area contributed by atoms with E-state index < -0.39 is 0 Å². The summed E-state index contributed by atoms with van der Waals surface area (Å²) in [7, 11) is 1.84. The molecule has 0 aliphatic heterocycles. The number of nitrogens with one attached hydrogen (secondary N) is 2. The molecule has 24 heavy (non-hydrogen) atoms. The number of aromatic nitrogens is 1. The van der Waals surface area contributed by atoms with Crippen molar-refractivity contribution in [3.05, 3.63) is 15.6 Å². The molecule has 1 aromatic heterocycles. The van der Waals surface area contributed by atoms with E-state index in [9.17, 15) is 0 Å². The lowest BCUT2D eigenvalue weighted by Crippen LogP contribution is -2.43. The Morgan fingerprint density at radius 2 is 1.96 bits per heavy atom. The van der Waals surface area contributed by atoms with E-state index in [2.05, 4.69) is 39.4 Å². The quantitative estimate of drug-likeness (QED) is 0.531. The van der Waals surface area contributed by atoms with Gasteiger partial charge in [-0.25, -0.2) is 4.98 Å². The van der Waals surface area contributed by atoms with Gasteiger partial charge in [-0.3, -0.25) is 9.89 Å². The number of thiazole rings is 1. The summed E-state index contributed by atoms with van der Waals surface area (Å²) in [5.74, 6) is 1.88. The zero-order chi connectivity index (χ0) is 16.9. The first-order valence-electron chi connectivity index (χ1n) is 9.27. The fraction of sp³-hybridized carbons (Fsp3) is 0.778. The van der Waals surface area contributed by atoms with Crippen LogP contribution in [-0.2, 0) is 6.42 Å². The van der Waals surface area contributed by atoms with Crippen molar-refractivity contribution in [2.75, 3.05) is 33.2 Å². The Balaban J connectivity index is 1.33. The van der Waals surface area contributed by atoms with E-state index in [4.69, 9.17) is 0 Å². The molecule has 0 spiro atoms. The molecule has 0 aromatic carbocycles. The molecule has 0 unspecified atom stereocenters. The monoisotopic (exact) mass is 349 g/mol. The van der Waals surface area contributed by atoms with Crippen molar-refractivity contribution in [3.63, 3.8) is 0 Å². The van der Waals surface area contributed by atoms with Gasteiger partial charge in [0.25, 0.3) is 0 Å². The summed E-state index contributed by atoms with van der Waals surface area (Å²) in [5.41, 5.74) is 1.16. The molecule has 0 bridgehead atoms. The molecule has 5 nitrogen and oxygen atoms in total. The van der Waals surface area contributed by atoms with Crippen LogP contribution in [0.3, 0.4) is 0 Å². The Morgan fingerprint density at radius 3 is 2.54 bits per heavy atom. The van der Waals surface area contributed by atoms with Crippen molar-refractivity contribution in [1.29, 1.82) is 0 Å². The van der Waals surface area contributed by atoms with Gasteiger partial charge in [0.1, 0.15) is 0 Å². The summed E-state index contributed by atoms with van der Waals surface area (Å²) < 4.78 is 0. The minimum atomic E-state index is 0.860. The maximum absolute atomic E-state index is 4.59. The first-order valence-corrected chi connectivity index (χ1v) is 10.1. The molecule has 0 atom stereocenters. The molecule has 2 saturated carbocycles. The van der Waals surface area contributed by atoms with E-state index in [0.717, 1.165) is 49.7 Å². The first-order chi connectivity index (χ1) is 11.7. The Kier molecular flexibility index (Phi) is 6.11. The van der Waals surface area contributed by atoms with Crippen LogP contribution in [0.4, 0.5) is 0 Å². The molecule has 3 rings (SSSR count). The Morgan fingerprint density at radius 1 is 1.21 bits per heavy atom. The first kappa shape index (κ1) is 17.7. The van der Waals surface area contributed by atoms with Gasteiger partial charge in [-0.1, -0.05) is 0 Å². The van der Waals surface area contributed by atoms with Crippen LogP contribution in [0.25, 0.3) is 0 Å². The van der Waals surface area contributed by atoms with Crippen molar-refractivity contribution in [1.82, 2.24) is 20.5 Å². The van der Waals surface area contributed by atoms with Gasteiger partial charge in [0.05, 0.1) is 10.7 Å². The van der Waals surface area contributed by atoms with Gasteiger partial charge < -0.3 is 10.6 Å². The fourth-order valence-electron chi connectivity index (χ4n) is 2.97. The Labute approximate surface area is 150 Å². The Hall–Kier alpha value is -1.14. The molecular weight excluding hydrogens is 318 g/mol. The fourth-order valence-corrected chi connectivity index (χ4v) is 3.90. The molecule has 2 aliphatic rings. The predicted molar refractivity (Wildman–Crippen MR) is 102 cm³/mol. The molecule has 0 saturated heterocycles. The summed E-state index contributed by atoms with van der Waals surface area (Å²) in [5, 5.41) is 8.07. The highest BCUT2D eigenvalue weighted by atomic mass is 32.1. The van der Waals surface area contributed by atoms with E-state index in [-0.39, 0.29) is 0 Å². The average molecular weight is 350 g/mol. The molecule has 2 N–H and O–H groups in total. The average Bonchev–Trinajstić information content (AvgIpc) is 3.45. The van der Waals surface area contributed by atoms with E-state index in [1.807, 2.05) is 7.05 Å². The molecule has 1 heterocycles. The summed E-state index contributed by atoms with van der Waals surface area (Å²) in [6, 6.07) is 0.860. The number of aryl methyl sites for hydroxylation is 2. The third-order valence-electron chi connectivity index (χ3n) is 4.87. The van der Waals surface area contributed by atoms with Crippen LogP contribution in [0.15, 0.2) is 4.99 Å². The molecule has 2 fully saturated rings. The summed E-state index contributed by atoms with van der Waals surface area (Å²) >= 11 is 1.80. The second-order valence-corrected chi connectivity index (χ2v) is 8.38. The van der Waals surface area contributed by atoms with Crippen molar-refractivity contribution in [2.45, 2.75) is 52.0 Å². The lowest BCUT2D eigenvalue weighted by Gasteiger charge is -2.22. The molecule has 0 amide bonds. The van der Waals surface area contributed by atoms with Gasteiger partial charge in [0, 0.05) is 50.6 Å². The minimum Gasteiger partial charge on any atom is -0.356 e. The largest absolute Gasteiger partial charge is 0.356 e.